The van der Waals surface area contributed by atoms with Gasteiger partial charge in [-0.2, -0.15) is 0 Å². The molecule has 0 fully saturated rings. The van der Waals surface area contributed by atoms with Crippen molar-refractivity contribution >= 4 is 30.6 Å². The molecule has 0 aliphatic carbocycles. The summed E-state index contributed by atoms with van der Waals surface area (Å²) in [7, 11) is 0. The fourth-order valence-corrected chi connectivity index (χ4v) is 3.78. The number of aryl methyl sites for hydroxylation is 2. The van der Waals surface area contributed by atoms with Gasteiger partial charge in [-0.15, -0.1) is 0 Å². The Balaban J connectivity index is 0.00000242. The SMILES string of the molecule is Cc1cccc(O[P+]([S-])([S-])Oc2cccc(C)c2C)c1C.[Na+]. The average Bonchev–Trinajstić information content (AvgIpc) is 2.40. The maximum Gasteiger partial charge on any atom is 1.00 e. The molecule has 0 aliphatic heterocycles. The van der Waals surface area contributed by atoms with E-state index in [0.717, 1.165) is 22.3 Å². The molecule has 0 saturated heterocycles. The molecule has 0 amide bonds. The first kappa shape index (κ1) is 20.2. The van der Waals surface area contributed by atoms with E-state index < -0.39 is 6.12 Å². The summed E-state index contributed by atoms with van der Waals surface area (Å²) in [5.74, 6) is 1.41. The predicted octanol–water partition coefficient (Wildman–Crippen LogP) is 2.15. The van der Waals surface area contributed by atoms with Crippen LogP contribution in [0.3, 0.4) is 0 Å². The Kier molecular flexibility index (Phi) is 7.65. The zero-order valence-electron chi connectivity index (χ0n) is 13.5. The Hall–Kier alpha value is 0.170. The van der Waals surface area contributed by atoms with Crippen molar-refractivity contribution in [2.24, 2.45) is 0 Å². The van der Waals surface area contributed by atoms with Crippen LogP contribution in [0.1, 0.15) is 22.3 Å². The summed E-state index contributed by atoms with van der Waals surface area (Å²) in [6.45, 7) is 8.04. The fourth-order valence-electron chi connectivity index (χ4n) is 1.91. The number of hydrogen-bond acceptors (Lipinski definition) is 4. The molecule has 0 spiro atoms. The molecule has 2 aromatic carbocycles. The van der Waals surface area contributed by atoms with E-state index in [-0.39, 0.29) is 29.6 Å². The van der Waals surface area contributed by atoms with Crippen molar-refractivity contribution in [1.29, 1.82) is 0 Å². The molecule has 0 unspecified atom stereocenters. The molecule has 2 aromatic rings. The summed E-state index contributed by atoms with van der Waals surface area (Å²) in [5, 5.41) is 0. The van der Waals surface area contributed by atoms with Crippen molar-refractivity contribution in [1.82, 2.24) is 0 Å². The average molecular weight is 360 g/mol. The minimum atomic E-state index is -2.81. The van der Waals surface area contributed by atoms with Crippen LogP contribution in [-0.4, -0.2) is 0 Å². The number of hydrogen-bond donors (Lipinski definition) is 0. The van der Waals surface area contributed by atoms with E-state index in [4.69, 9.17) is 33.5 Å². The minimum absolute atomic E-state index is 0. The van der Waals surface area contributed by atoms with Crippen molar-refractivity contribution in [3.8, 4) is 11.5 Å². The molecule has 0 aliphatic rings. The standard InChI is InChI=1S/C16H19O2PS2.Na/c1-11-7-5-9-15(13(11)3)17-19(20,21)18-16-10-6-8-12(2)14(16)4;/h5-10H,1-4H3,(H,20,21);/q;+1/p-1. The van der Waals surface area contributed by atoms with E-state index in [2.05, 4.69) is 0 Å². The Labute approximate surface area is 166 Å². The molecular weight excluding hydrogens is 342 g/mol. The van der Waals surface area contributed by atoms with Crippen LogP contribution in [0.15, 0.2) is 36.4 Å². The Morgan fingerprint density at radius 2 is 1.09 bits per heavy atom. The maximum absolute atomic E-state index is 5.83. The molecule has 0 N–H and O–H groups in total. The topological polar surface area (TPSA) is 18.5 Å². The van der Waals surface area contributed by atoms with Crippen LogP contribution >= 0.6 is 6.12 Å². The van der Waals surface area contributed by atoms with Crippen LogP contribution in [-0.2, 0) is 24.5 Å². The molecule has 0 bridgehead atoms. The van der Waals surface area contributed by atoms with Gasteiger partial charge < -0.3 is 33.5 Å². The second kappa shape index (κ2) is 8.32. The third kappa shape index (κ3) is 5.09. The van der Waals surface area contributed by atoms with Crippen LogP contribution < -0.4 is 38.6 Å². The van der Waals surface area contributed by atoms with Gasteiger partial charge in [0.25, 0.3) is 0 Å². The summed E-state index contributed by atoms with van der Waals surface area (Å²) in [6.07, 6.45) is -2.81. The van der Waals surface area contributed by atoms with E-state index in [0.29, 0.717) is 11.5 Å². The second-order valence-electron chi connectivity index (χ2n) is 5.03. The summed E-state index contributed by atoms with van der Waals surface area (Å²) in [6, 6.07) is 11.7. The van der Waals surface area contributed by atoms with Crippen molar-refractivity contribution in [3.63, 3.8) is 0 Å². The van der Waals surface area contributed by atoms with E-state index in [1.165, 1.54) is 0 Å². The molecule has 2 rings (SSSR count). The molecule has 0 saturated carbocycles. The molecule has 2 nitrogen and oxygen atoms in total. The van der Waals surface area contributed by atoms with Gasteiger partial charge in [0, 0.05) is 0 Å². The fraction of sp³-hybridized carbons (Fsp3) is 0.250. The summed E-state index contributed by atoms with van der Waals surface area (Å²) in [5.41, 5.74) is 4.37. The monoisotopic (exact) mass is 360 g/mol. The molecule has 22 heavy (non-hydrogen) atoms. The molecule has 0 radical (unpaired) electrons. The van der Waals surface area contributed by atoms with Crippen LogP contribution in [0, 0.1) is 27.7 Å². The van der Waals surface area contributed by atoms with Crippen LogP contribution in [0.25, 0.3) is 0 Å². The Morgan fingerprint density at radius 3 is 1.45 bits per heavy atom. The van der Waals surface area contributed by atoms with Gasteiger partial charge in [0.15, 0.2) is 11.5 Å². The van der Waals surface area contributed by atoms with E-state index in [1.54, 1.807) is 0 Å². The smallest absolute Gasteiger partial charge is 0.496 e. The van der Waals surface area contributed by atoms with Crippen LogP contribution in [0.2, 0.25) is 0 Å². The van der Waals surface area contributed by atoms with Crippen LogP contribution in [0.4, 0.5) is 0 Å². The normalized spacial score (nSPS) is 10.8. The molecule has 0 atom stereocenters. The maximum atomic E-state index is 5.83. The van der Waals surface area contributed by atoms with E-state index in [1.807, 2.05) is 64.1 Å². The zero-order chi connectivity index (χ0) is 15.6. The van der Waals surface area contributed by atoms with Gasteiger partial charge in [-0.05, 0) is 62.1 Å². The van der Waals surface area contributed by atoms with Crippen molar-refractivity contribution < 1.29 is 38.6 Å². The molecule has 112 valence electrons. The molecule has 6 heteroatoms. The van der Waals surface area contributed by atoms with Gasteiger partial charge in [-0.3, -0.25) is 0 Å². The third-order valence-electron chi connectivity index (χ3n) is 3.53. The van der Waals surface area contributed by atoms with Gasteiger partial charge in [0.05, 0.1) is 0 Å². The summed E-state index contributed by atoms with van der Waals surface area (Å²) in [4.78, 5) is 0. The second-order valence-corrected chi connectivity index (χ2v) is 9.86. The first-order valence-electron chi connectivity index (χ1n) is 6.63. The molecule has 0 aromatic heterocycles. The Bertz CT molecular complexity index is 607. The van der Waals surface area contributed by atoms with Crippen molar-refractivity contribution in [2.45, 2.75) is 27.7 Å². The van der Waals surface area contributed by atoms with Gasteiger partial charge >= 0.3 is 29.6 Å². The Morgan fingerprint density at radius 1 is 0.727 bits per heavy atom. The van der Waals surface area contributed by atoms with Gasteiger partial charge in [0.1, 0.15) is 6.12 Å². The first-order chi connectivity index (χ1) is 9.80. The van der Waals surface area contributed by atoms with Gasteiger partial charge in [0.2, 0.25) is 0 Å². The van der Waals surface area contributed by atoms with Gasteiger partial charge in [-0.25, -0.2) is 0 Å². The van der Waals surface area contributed by atoms with E-state index in [9.17, 15) is 0 Å². The molecular formula is C16H18NaO2PS2. The summed E-state index contributed by atoms with van der Waals surface area (Å²) >= 11 is 10.8. The van der Waals surface area contributed by atoms with E-state index >= 15 is 0 Å². The first-order valence-corrected chi connectivity index (χ1v) is 10.3. The van der Waals surface area contributed by atoms with Crippen molar-refractivity contribution in [3.05, 3.63) is 58.7 Å². The quantitative estimate of drug-likeness (QED) is 0.472. The van der Waals surface area contributed by atoms with Crippen LogP contribution in [0.5, 0.6) is 11.5 Å². The molecule has 0 heterocycles. The number of benzene rings is 2. The predicted molar refractivity (Wildman–Crippen MR) is 94.7 cm³/mol. The van der Waals surface area contributed by atoms with Gasteiger partial charge in [-0.1, -0.05) is 24.3 Å². The zero-order valence-corrected chi connectivity index (χ0v) is 18.1. The van der Waals surface area contributed by atoms with Crippen molar-refractivity contribution in [2.75, 3.05) is 0 Å². The minimum Gasteiger partial charge on any atom is -0.496 e. The third-order valence-corrected chi connectivity index (χ3v) is 5.27. The largest absolute Gasteiger partial charge is 1.00 e. The number of rotatable bonds is 4. The summed E-state index contributed by atoms with van der Waals surface area (Å²) < 4.78 is 11.7.